The van der Waals surface area contributed by atoms with E-state index in [1.165, 1.54) is 25.7 Å². The van der Waals surface area contributed by atoms with Crippen molar-refractivity contribution in [2.24, 2.45) is 11.8 Å². The summed E-state index contributed by atoms with van der Waals surface area (Å²) in [5, 5.41) is 6.24. The van der Waals surface area contributed by atoms with Gasteiger partial charge >= 0.3 is 0 Å². The van der Waals surface area contributed by atoms with Crippen LogP contribution < -0.4 is 10.6 Å². The second kappa shape index (κ2) is 9.62. The highest BCUT2D eigenvalue weighted by Crippen LogP contribution is 2.29. The fraction of sp³-hybridized carbons (Fsp3) is 0.929. The molecule has 18 heavy (non-hydrogen) atoms. The minimum atomic E-state index is 0. The molecule has 1 aliphatic carbocycles. The summed E-state index contributed by atoms with van der Waals surface area (Å²) in [5.74, 6) is 1.89. The van der Waals surface area contributed by atoms with Crippen LogP contribution in [-0.2, 0) is 4.79 Å². The Morgan fingerprint density at radius 3 is 2.33 bits per heavy atom. The van der Waals surface area contributed by atoms with Crippen molar-refractivity contribution in [3.05, 3.63) is 0 Å². The number of carbonyl (C=O) groups excluding carboxylic acids is 1. The number of hydrogen-bond donors (Lipinski definition) is 2. The van der Waals surface area contributed by atoms with E-state index in [-0.39, 0.29) is 18.3 Å². The Balaban J connectivity index is 0.00000289. The summed E-state index contributed by atoms with van der Waals surface area (Å²) in [5.41, 5.74) is 0. The fourth-order valence-electron chi connectivity index (χ4n) is 2.66. The zero-order valence-corrected chi connectivity index (χ0v) is 12.8. The van der Waals surface area contributed by atoms with Crippen LogP contribution in [0.2, 0.25) is 0 Å². The van der Waals surface area contributed by atoms with Crippen LogP contribution in [0.1, 0.15) is 52.4 Å². The molecular weight excluding hydrogens is 248 g/mol. The standard InChI is InChI=1S/C14H28N2O.ClH/c1-11(2)12-6-8-13(9-7-12)16-14(17)5-4-10-15-3;/h11-13,15H,4-10H2,1-3H3,(H,16,17);1H. The fourth-order valence-corrected chi connectivity index (χ4v) is 2.66. The van der Waals surface area contributed by atoms with Crippen LogP contribution in [-0.4, -0.2) is 25.5 Å². The third-order valence-electron chi connectivity index (χ3n) is 3.91. The number of rotatable bonds is 6. The Morgan fingerprint density at radius 2 is 1.83 bits per heavy atom. The van der Waals surface area contributed by atoms with Crippen molar-refractivity contribution in [3.8, 4) is 0 Å². The van der Waals surface area contributed by atoms with Crippen LogP contribution in [0.3, 0.4) is 0 Å². The summed E-state index contributed by atoms with van der Waals surface area (Å²) in [4.78, 5) is 11.7. The number of carbonyl (C=O) groups is 1. The molecule has 0 bridgehead atoms. The van der Waals surface area contributed by atoms with Crippen molar-refractivity contribution >= 4 is 18.3 Å². The minimum absolute atomic E-state index is 0. The average molecular weight is 277 g/mol. The van der Waals surface area contributed by atoms with Gasteiger partial charge in [0, 0.05) is 12.5 Å². The maximum absolute atomic E-state index is 11.7. The molecule has 0 radical (unpaired) electrons. The predicted molar refractivity (Wildman–Crippen MR) is 79.1 cm³/mol. The molecule has 108 valence electrons. The van der Waals surface area contributed by atoms with Crippen LogP contribution in [0.4, 0.5) is 0 Å². The van der Waals surface area contributed by atoms with Crippen molar-refractivity contribution < 1.29 is 4.79 Å². The van der Waals surface area contributed by atoms with Gasteiger partial charge in [0.05, 0.1) is 0 Å². The van der Waals surface area contributed by atoms with E-state index in [2.05, 4.69) is 24.5 Å². The zero-order valence-electron chi connectivity index (χ0n) is 12.0. The van der Waals surface area contributed by atoms with Gasteiger partial charge in [-0.1, -0.05) is 13.8 Å². The Hall–Kier alpha value is -0.280. The minimum Gasteiger partial charge on any atom is -0.353 e. The average Bonchev–Trinajstić information content (AvgIpc) is 2.30. The summed E-state index contributed by atoms with van der Waals surface area (Å²) in [6, 6.07) is 0.437. The van der Waals surface area contributed by atoms with Gasteiger partial charge in [0.25, 0.3) is 0 Å². The first-order chi connectivity index (χ1) is 8.13. The third-order valence-corrected chi connectivity index (χ3v) is 3.91. The molecule has 0 aromatic heterocycles. The molecule has 0 heterocycles. The van der Waals surface area contributed by atoms with E-state index < -0.39 is 0 Å². The molecule has 0 spiro atoms. The molecule has 0 aromatic carbocycles. The first-order valence-electron chi connectivity index (χ1n) is 7.07. The van der Waals surface area contributed by atoms with E-state index >= 15 is 0 Å². The summed E-state index contributed by atoms with van der Waals surface area (Å²) in [7, 11) is 1.92. The Kier molecular flexibility index (Phi) is 9.47. The molecule has 0 aromatic rings. The summed E-state index contributed by atoms with van der Waals surface area (Å²) in [6.07, 6.45) is 6.48. The van der Waals surface area contributed by atoms with Crippen molar-refractivity contribution in [2.45, 2.75) is 58.4 Å². The lowest BCUT2D eigenvalue weighted by Crippen LogP contribution is -2.38. The Bertz CT molecular complexity index is 226. The molecule has 1 saturated carbocycles. The highest BCUT2D eigenvalue weighted by molar-refractivity contribution is 5.85. The van der Waals surface area contributed by atoms with Crippen LogP contribution in [0, 0.1) is 11.8 Å². The van der Waals surface area contributed by atoms with Gasteiger partial charge in [-0.05, 0) is 57.5 Å². The highest BCUT2D eigenvalue weighted by Gasteiger charge is 2.23. The van der Waals surface area contributed by atoms with Crippen molar-refractivity contribution in [1.29, 1.82) is 0 Å². The molecule has 1 rings (SSSR count). The van der Waals surface area contributed by atoms with Crippen molar-refractivity contribution in [2.75, 3.05) is 13.6 Å². The van der Waals surface area contributed by atoms with Crippen molar-refractivity contribution in [1.82, 2.24) is 10.6 Å². The van der Waals surface area contributed by atoms with E-state index in [9.17, 15) is 4.79 Å². The van der Waals surface area contributed by atoms with Gasteiger partial charge in [0.1, 0.15) is 0 Å². The van der Waals surface area contributed by atoms with E-state index in [0.717, 1.165) is 24.8 Å². The molecule has 0 aliphatic heterocycles. The van der Waals surface area contributed by atoms with Crippen LogP contribution in [0.15, 0.2) is 0 Å². The molecule has 2 N–H and O–H groups in total. The second-order valence-corrected chi connectivity index (χ2v) is 5.63. The number of halogens is 1. The van der Waals surface area contributed by atoms with Gasteiger partial charge in [-0.3, -0.25) is 4.79 Å². The summed E-state index contributed by atoms with van der Waals surface area (Å²) < 4.78 is 0. The number of amides is 1. The van der Waals surface area contributed by atoms with E-state index in [0.29, 0.717) is 12.5 Å². The summed E-state index contributed by atoms with van der Waals surface area (Å²) in [6.45, 7) is 5.54. The van der Waals surface area contributed by atoms with Crippen molar-refractivity contribution in [3.63, 3.8) is 0 Å². The largest absolute Gasteiger partial charge is 0.353 e. The maximum Gasteiger partial charge on any atom is 0.220 e. The third kappa shape index (κ3) is 6.60. The van der Waals surface area contributed by atoms with Crippen LogP contribution in [0.25, 0.3) is 0 Å². The number of nitrogens with one attached hydrogen (secondary N) is 2. The SMILES string of the molecule is CNCCCC(=O)NC1CCC(C(C)C)CC1.Cl. The summed E-state index contributed by atoms with van der Waals surface area (Å²) >= 11 is 0. The smallest absolute Gasteiger partial charge is 0.220 e. The zero-order chi connectivity index (χ0) is 12.7. The Morgan fingerprint density at radius 1 is 1.22 bits per heavy atom. The first kappa shape index (κ1) is 17.7. The molecule has 1 aliphatic rings. The van der Waals surface area contributed by atoms with E-state index in [1.807, 2.05) is 7.05 Å². The molecule has 1 amide bonds. The predicted octanol–water partition coefficient (Wildman–Crippen LogP) is 2.74. The second-order valence-electron chi connectivity index (χ2n) is 5.63. The van der Waals surface area contributed by atoms with E-state index in [1.54, 1.807) is 0 Å². The molecule has 3 nitrogen and oxygen atoms in total. The molecule has 4 heteroatoms. The highest BCUT2D eigenvalue weighted by atomic mass is 35.5. The quantitative estimate of drug-likeness (QED) is 0.733. The van der Waals surface area contributed by atoms with Crippen LogP contribution >= 0.6 is 12.4 Å². The topological polar surface area (TPSA) is 41.1 Å². The normalized spacial score (nSPS) is 23.6. The van der Waals surface area contributed by atoms with Gasteiger partial charge in [0.2, 0.25) is 5.91 Å². The lowest BCUT2D eigenvalue weighted by atomic mass is 9.80. The van der Waals surface area contributed by atoms with Gasteiger partial charge in [-0.2, -0.15) is 0 Å². The lowest BCUT2D eigenvalue weighted by molar-refractivity contribution is -0.122. The van der Waals surface area contributed by atoms with E-state index in [4.69, 9.17) is 0 Å². The molecule has 0 unspecified atom stereocenters. The van der Waals surface area contributed by atoms with Crippen LogP contribution in [0.5, 0.6) is 0 Å². The number of hydrogen-bond acceptors (Lipinski definition) is 2. The van der Waals surface area contributed by atoms with Gasteiger partial charge in [0.15, 0.2) is 0 Å². The Labute approximate surface area is 118 Å². The molecule has 0 saturated heterocycles. The van der Waals surface area contributed by atoms with Gasteiger partial charge in [-0.25, -0.2) is 0 Å². The monoisotopic (exact) mass is 276 g/mol. The molecular formula is C14H29ClN2O. The molecule has 0 atom stereocenters. The van der Waals surface area contributed by atoms with Gasteiger partial charge in [-0.15, -0.1) is 12.4 Å². The first-order valence-corrected chi connectivity index (χ1v) is 7.07. The maximum atomic E-state index is 11.7. The lowest BCUT2D eigenvalue weighted by Gasteiger charge is -2.31. The molecule has 1 fully saturated rings. The van der Waals surface area contributed by atoms with Gasteiger partial charge < -0.3 is 10.6 Å².